The number of aromatic amines is 1. The van der Waals surface area contributed by atoms with Gasteiger partial charge in [0, 0.05) is 34.7 Å². The summed E-state index contributed by atoms with van der Waals surface area (Å²) in [5.41, 5.74) is 1.39. The number of imide groups is 1. The molecule has 12 nitrogen and oxygen atoms in total. The number of fused-ring (bicyclic) bond motifs is 9. The van der Waals surface area contributed by atoms with Crippen molar-refractivity contribution in [3.63, 3.8) is 0 Å². The molecule has 1 aromatic heterocycles. The van der Waals surface area contributed by atoms with Gasteiger partial charge < -0.3 is 30.0 Å². The quantitative estimate of drug-likeness (QED) is 0.185. The van der Waals surface area contributed by atoms with E-state index < -0.39 is 23.7 Å². The molecule has 6 unspecified atom stereocenters. The van der Waals surface area contributed by atoms with Crippen molar-refractivity contribution in [2.24, 2.45) is 29.6 Å². The first kappa shape index (κ1) is 30.4. The maximum absolute atomic E-state index is 13.6. The van der Waals surface area contributed by atoms with Gasteiger partial charge in [0.05, 0.1) is 24.0 Å². The molecular weight excluding hydrogens is 634 g/mol. The largest absolute Gasteiger partial charge is 0.508 e. The highest BCUT2D eigenvalue weighted by Crippen LogP contribution is 2.68. The molecule has 4 aliphatic rings. The highest BCUT2D eigenvalue weighted by Gasteiger charge is 2.69. The fraction of sp³-hybridized carbons (Fsp3) is 0.406. The number of benzene rings is 2. The molecule has 0 spiro atoms. The zero-order chi connectivity index (χ0) is 32.3. The standard InChI is InChI=1S/C32H31N3O9S2/c1-43-20-11-14(4-9-19(20)44-13-21(37)33-15-5-7-16(36)8-6-15)23-24-17-12-18(27(24)45-29-28(23)46-32(42)34-29)26-25(17)30(40)35(31(26)41)10-2-3-22(38)39/h4-9,11,17-18,23-27,36H,2-3,10,12-13H2,1H3,(H,33,37)(H,34,42)(H,38,39)/t17?,18?,23-,24?,25?,26?,27?/m1/s1. The molecule has 2 saturated carbocycles. The fourth-order valence-electron chi connectivity index (χ4n) is 7.94. The van der Waals surface area contributed by atoms with Crippen LogP contribution in [0.5, 0.6) is 17.2 Å². The normalized spacial score (nSPS) is 27.2. The zero-order valence-corrected chi connectivity index (χ0v) is 26.3. The average Bonchev–Trinajstić information content (AvgIpc) is 3.76. The lowest BCUT2D eigenvalue weighted by molar-refractivity contribution is -0.142. The first-order valence-corrected chi connectivity index (χ1v) is 16.7. The van der Waals surface area contributed by atoms with Gasteiger partial charge in [0.2, 0.25) is 11.8 Å². The fourth-order valence-corrected chi connectivity index (χ4v) is 10.8. The highest BCUT2D eigenvalue weighted by atomic mass is 32.2. The summed E-state index contributed by atoms with van der Waals surface area (Å²) in [6.07, 6.45) is 0.847. The Kier molecular flexibility index (Phi) is 7.79. The Bertz CT molecular complexity index is 1790. The number of nitrogens with zero attached hydrogens (tertiary/aromatic N) is 1. The number of carboxylic acids is 1. The Morgan fingerprint density at radius 3 is 2.50 bits per heavy atom. The van der Waals surface area contributed by atoms with Gasteiger partial charge in [-0.3, -0.25) is 28.9 Å². The highest BCUT2D eigenvalue weighted by molar-refractivity contribution is 8.00. The molecule has 0 radical (unpaired) electrons. The van der Waals surface area contributed by atoms with Crippen LogP contribution in [-0.2, 0) is 19.2 Å². The van der Waals surface area contributed by atoms with E-state index >= 15 is 0 Å². The lowest BCUT2D eigenvalue weighted by Crippen LogP contribution is -2.42. The molecule has 240 valence electrons. The van der Waals surface area contributed by atoms with E-state index in [9.17, 15) is 29.1 Å². The van der Waals surface area contributed by atoms with E-state index in [0.717, 1.165) is 33.2 Å². The molecule has 3 aromatic rings. The van der Waals surface area contributed by atoms with Crippen molar-refractivity contribution in [1.29, 1.82) is 0 Å². The van der Waals surface area contributed by atoms with Crippen molar-refractivity contribution >= 4 is 52.5 Å². The Morgan fingerprint density at radius 2 is 1.78 bits per heavy atom. The predicted octanol–water partition coefficient (Wildman–Crippen LogP) is 3.51. The molecule has 2 bridgehead atoms. The molecule has 14 heteroatoms. The molecule has 7 rings (SSSR count). The summed E-state index contributed by atoms with van der Waals surface area (Å²) >= 11 is 2.75. The Balaban J connectivity index is 1.15. The number of aromatic nitrogens is 1. The molecule has 1 saturated heterocycles. The summed E-state index contributed by atoms with van der Waals surface area (Å²) in [5, 5.41) is 22.0. The SMILES string of the molecule is COc1cc([C@H]2c3sc(=O)[nH]c3SC3C4CC(C5C(=O)N(CCCC(=O)O)C(=O)C45)C32)ccc1OCC(=O)Nc1ccc(O)cc1. The van der Waals surface area contributed by atoms with Crippen molar-refractivity contribution in [3.8, 4) is 17.2 Å². The molecule has 4 N–H and O–H groups in total. The lowest BCUT2D eigenvalue weighted by atomic mass is 9.68. The van der Waals surface area contributed by atoms with E-state index in [-0.39, 0.29) is 77.4 Å². The number of likely N-dealkylation sites (tertiary alicyclic amines) is 1. The van der Waals surface area contributed by atoms with Crippen LogP contribution in [0.4, 0.5) is 5.69 Å². The maximum atomic E-state index is 13.6. The summed E-state index contributed by atoms with van der Waals surface area (Å²) in [5.74, 6) is -2.17. The van der Waals surface area contributed by atoms with E-state index in [1.165, 1.54) is 24.1 Å². The number of phenolic OH excluding ortho intramolecular Hbond substituents is 1. The number of carboxylic acid groups (broad SMARTS) is 1. The number of amides is 3. The van der Waals surface area contributed by atoms with Gasteiger partial charge in [0.15, 0.2) is 18.1 Å². The third-order valence-corrected chi connectivity index (χ3v) is 12.2. The van der Waals surface area contributed by atoms with Crippen molar-refractivity contribution < 1.29 is 38.9 Å². The van der Waals surface area contributed by atoms with Gasteiger partial charge in [-0.15, -0.1) is 11.8 Å². The van der Waals surface area contributed by atoms with Crippen LogP contribution < -0.4 is 19.7 Å². The second-order valence-electron chi connectivity index (χ2n) is 12.1. The summed E-state index contributed by atoms with van der Waals surface area (Å²) in [7, 11) is 1.51. The third kappa shape index (κ3) is 5.13. The van der Waals surface area contributed by atoms with Crippen LogP contribution in [0.15, 0.2) is 52.3 Å². The van der Waals surface area contributed by atoms with Crippen molar-refractivity contribution in [2.45, 2.75) is 35.5 Å². The van der Waals surface area contributed by atoms with Gasteiger partial charge in [-0.2, -0.15) is 0 Å². The number of carbonyl (C=O) groups excluding carboxylic acids is 3. The molecule has 2 aromatic carbocycles. The number of hydrogen-bond acceptors (Lipinski definition) is 10. The molecule has 3 fully saturated rings. The number of carbonyl (C=O) groups is 4. The molecule has 3 heterocycles. The minimum Gasteiger partial charge on any atom is -0.508 e. The summed E-state index contributed by atoms with van der Waals surface area (Å²) in [4.78, 5) is 68.3. The van der Waals surface area contributed by atoms with Crippen LogP contribution in [0.2, 0.25) is 0 Å². The van der Waals surface area contributed by atoms with Gasteiger partial charge in [-0.25, -0.2) is 0 Å². The summed E-state index contributed by atoms with van der Waals surface area (Å²) in [6, 6.07) is 11.6. The number of thioether (sulfide) groups is 1. The number of H-pyrrole nitrogens is 1. The first-order chi connectivity index (χ1) is 22.1. The topological polar surface area (TPSA) is 175 Å². The second kappa shape index (κ2) is 11.8. The van der Waals surface area contributed by atoms with Crippen LogP contribution in [0.1, 0.15) is 35.6 Å². The van der Waals surface area contributed by atoms with Crippen molar-refractivity contribution in [2.75, 3.05) is 25.6 Å². The van der Waals surface area contributed by atoms with Gasteiger partial charge >= 0.3 is 10.8 Å². The average molecular weight is 666 g/mol. The molecule has 2 aliphatic carbocycles. The third-order valence-electron chi connectivity index (χ3n) is 9.64. The van der Waals surface area contributed by atoms with E-state index in [1.54, 1.807) is 30.0 Å². The Hall–Kier alpha value is -4.30. The van der Waals surface area contributed by atoms with Crippen LogP contribution in [-0.4, -0.2) is 69.3 Å². The van der Waals surface area contributed by atoms with Crippen molar-refractivity contribution in [1.82, 2.24) is 9.88 Å². The second-order valence-corrected chi connectivity index (χ2v) is 14.3. The number of nitrogens with one attached hydrogen (secondary N) is 2. The van der Waals surface area contributed by atoms with Crippen LogP contribution in [0, 0.1) is 29.6 Å². The number of ether oxygens (including phenoxy) is 2. The Morgan fingerprint density at radius 1 is 1.04 bits per heavy atom. The number of anilines is 1. The minimum absolute atomic E-state index is 0.00948. The number of hydrogen-bond donors (Lipinski definition) is 4. The van der Waals surface area contributed by atoms with Gasteiger partial charge in [0.1, 0.15) is 5.75 Å². The number of aromatic hydroxyl groups is 1. The lowest BCUT2D eigenvalue weighted by Gasteiger charge is -2.43. The van der Waals surface area contributed by atoms with Crippen molar-refractivity contribution in [3.05, 3.63) is 62.6 Å². The van der Waals surface area contributed by atoms with E-state index in [1.807, 2.05) is 12.1 Å². The summed E-state index contributed by atoms with van der Waals surface area (Å²) in [6.45, 7) is -0.175. The smallest absolute Gasteiger partial charge is 0.305 e. The van der Waals surface area contributed by atoms with Crippen LogP contribution in [0.25, 0.3) is 0 Å². The van der Waals surface area contributed by atoms with Gasteiger partial charge in [-0.1, -0.05) is 17.4 Å². The predicted molar refractivity (Wildman–Crippen MR) is 167 cm³/mol. The molecule has 7 atom stereocenters. The van der Waals surface area contributed by atoms with Gasteiger partial charge in [-0.05, 0) is 72.6 Å². The molecule has 2 aliphatic heterocycles. The molecule has 46 heavy (non-hydrogen) atoms. The molecule has 3 amide bonds. The van der Waals surface area contributed by atoms with E-state index in [0.29, 0.717) is 17.2 Å². The van der Waals surface area contributed by atoms with Crippen LogP contribution >= 0.6 is 23.1 Å². The number of aliphatic carboxylic acids is 1. The van der Waals surface area contributed by atoms with Crippen LogP contribution in [0.3, 0.4) is 0 Å². The monoisotopic (exact) mass is 665 g/mol. The van der Waals surface area contributed by atoms with E-state index in [2.05, 4.69) is 10.3 Å². The first-order valence-electron chi connectivity index (χ1n) is 15.0. The maximum Gasteiger partial charge on any atom is 0.305 e. The zero-order valence-electron chi connectivity index (χ0n) is 24.6. The van der Waals surface area contributed by atoms with E-state index in [4.69, 9.17) is 14.6 Å². The number of rotatable bonds is 10. The number of methoxy groups -OCH3 is 1. The Labute approximate surface area is 271 Å². The minimum atomic E-state index is -0.964. The van der Waals surface area contributed by atoms with Gasteiger partial charge in [0.25, 0.3) is 5.91 Å². The summed E-state index contributed by atoms with van der Waals surface area (Å²) < 4.78 is 11.5. The molecular formula is C32H31N3O9S2. The number of thiazole rings is 1. The number of phenols is 1.